The lowest BCUT2D eigenvalue weighted by atomic mass is 9.87. The number of nitriles is 1. The first-order valence-electron chi connectivity index (χ1n) is 15.0. The van der Waals surface area contributed by atoms with E-state index in [1.54, 1.807) is 13.0 Å². The lowest BCUT2D eigenvalue weighted by Crippen LogP contribution is -2.47. The minimum absolute atomic E-state index is 0.00682. The molecule has 0 aliphatic carbocycles. The molecule has 5 rings (SSSR count). The second-order valence-electron chi connectivity index (χ2n) is 11.7. The van der Waals surface area contributed by atoms with Crippen LogP contribution in [0.1, 0.15) is 78.3 Å². The fourth-order valence-electron chi connectivity index (χ4n) is 6.29. The Morgan fingerprint density at radius 3 is 2.19 bits per heavy atom. The first-order valence-corrected chi connectivity index (χ1v) is 15.0. The van der Waals surface area contributed by atoms with Gasteiger partial charge in [-0.25, -0.2) is 14.8 Å². The third kappa shape index (κ3) is 7.15. The Labute approximate surface area is 270 Å². The van der Waals surface area contributed by atoms with Gasteiger partial charge >= 0.3 is 24.4 Å². The van der Waals surface area contributed by atoms with Crippen molar-refractivity contribution in [1.82, 2.24) is 15.3 Å². The quantitative estimate of drug-likeness (QED) is 0.231. The number of carboxylic acid groups (broad SMARTS) is 2. The summed E-state index contributed by atoms with van der Waals surface area (Å²) in [6.07, 6.45) is -7.12. The number of amides is 1. The SMILES string of the molecule is CC[C@@H]1C[C@H](NC(c2cc(C#N)cc(C(F)(F)F)c2)c2ncc(N3CCC(C(=O)O)CC3)cn2)c2cc(C(F)(F)F)ccc2N1C(=O)O. The molecule has 2 aromatic carbocycles. The zero-order valence-corrected chi connectivity index (χ0v) is 25.4. The number of aromatic nitrogens is 2. The van der Waals surface area contributed by atoms with Crippen molar-refractivity contribution in [3.05, 3.63) is 82.4 Å². The number of halogens is 6. The summed E-state index contributed by atoms with van der Waals surface area (Å²) in [7, 11) is 0. The fraction of sp³-hybridized carbons (Fsp3) is 0.406. The molecule has 2 aliphatic heterocycles. The Morgan fingerprint density at radius 2 is 1.65 bits per heavy atom. The van der Waals surface area contributed by atoms with Gasteiger partial charge in [-0.15, -0.1) is 0 Å². The van der Waals surface area contributed by atoms with Crippen molar-refractivity contribution in [1.29, 1.82) is 5.26 Å². The van der Waals surface area contributed by atoms with Crippen molar-refractivity contribution in [2.45, 2.75) is 63.1 Å². The van der Waals surface area contributed by atoms with Gasteiger partial charge in [-0.2, -0.15) is 31.6 Å². The molecule has 16 heteroatoms. The Bertz CT molecular complexity index is 1720. The predicted octanol–water partition coefficient (Wildman–Crippen LogP) is 6.77. The largest absolute Gasteiger partial charge is 0.481 e. The zero-order valence-electron chi connectivity index (χ0n) is 25.4. The van der Waals surface area contributed by atoms with E-state index in [4.69, 9.17) is 0 Å². The molecular formula is C32H30F6N6O4. The standard InChI is InChI=1S/C32H30F6N6O4/c1-2-22-13-25(24-12-20(31(33,34)35)3-4-26(24)44(22)30(47)48)42-27(19-9-17(14-39)10-21(11-19)32(36,37)38)28-40-15-23(16-41-28)43-7-5-18(6-8-43)29(45)46/h3-4,9-12,15-16,18,22,25,27,42H,2,5-8,13H2,1H3,(H,45,46)(H,47,48)/t22-,25+,27?/m1/s1. The molecule has 0 radical (unpaired) electrons. The number of aliphatic carboxylic acids is 1. The van der Waals surface area contributed by atoms with Crippen LogP contribution in [0.25, 0.3) is 0 Å². The van der Waals surface area contributed by atoms with Gasteiger partial charge in [0.05, 0.1) is 58.5 Å². The maximum Gasteiger partial charge on any atom is 0.416 e. The summed E-state index contributed by atoms with van der Waals surface area (Å²) in [5.41, 5.74) is -2.09. The Hall–Kier alpha value is -4.91. The second kappa shape index (κ2) is 13.3. The van der Waals surface area contributed by atoms with Gasteiger partial charge in [-0.1, -0.05) is 6.92 Å². The zero-order chi connectivity index (χ0) is 35.0. The summed E-state index contributed by atoms with van der Waals surface area (Å²) in [5, 5.41) is 32.0. The Morgan fingerprint density at radius 1 is 1.00 bits per heavy atom. The fourth-order valence-corrected chi connectivity index (χ4v) is 6.29. The average Bonchev–Trinajstić information content (AvgIpc) is 3.05. The van der Waals surface area contributed by atoms with Crippen LogP contribution < -0.4 is 15.1 Å². The lowest BCUT2D eigenvalue weighted by Gasteiger charge is -2.41. The van der Waals surface area contributed by atoms with Gasteiger partial charge in [0.2, 0.25) is 0 Å². The molecule has 1 amide bonds. The van der Waals surface area contributed by atoms with Gasteiger partial charge < -0.3 is 15.1 Å². The van der Waals surface area contributed by atoms with Crippen molar-refractivity contribution >= 4 is 23.4 Å². The van der Waals surface area contributed by atoms with Crippen LogP contribution in [0.4, 0.5) is 42.5 Å². The Kier molecular flexibility index (Phi) is 9.54. The summed E-state index contributed by atoms with van der Waals surface area (Å²) in [5.74, 6) is -1.44. The van der Waals surface area contributed by atoms with Gasteiger partial charge in [0.15, 0.2) is 0 Å². The van der Waals surface area contributed by atoms with E-state index in [2.05, 4.69) is 15.3 Å². The van der Waals surface area contributed by atoms with E-state index in [9.17, 15) is 51.4 Å². The molecule has 2 aliphatic rings. The number of anilines is 2. The summed E-state index contributed by atoms with van der Waals surface area (Å²) in [6.45, 7) is 2.51. The van der Waals surface area contributed by atoms with E-state index in [1.165, 1.54) is 18.5 Å². The summed E-state index contributed by atoms with van der Waals surface area (Å²) in [4.78, 5) is 35.3. The highest BCUT2D eigenvalue weighted by atomic mass is 19.4. The summed E-state index contributed by atoms with van der Waals surface area (Å²) >= 11 is 0. The normalized spacial score (nSPS) is 19.4. The minimum atomic E-state index is -4.84. The second-order valence-corrected chi connectivity index (χ2v) is 11.7. The number of piperidine rings is 1. The maximum absolute atomic E-state index is 13.9. The van der Waals surface area contributed by atoms with Gasteiger partial charge in [0.1, 0.15) is 5.82 Å². The number of rotatable bonds is 7. The number of nitrogens with zero attached hydrogens (tertiary/aromatic N) is 5. The maximum atomic E-state index is 13.9. The molecule has 3 N–H and O–H groups in total. The number of alkyl halides is 6. The highest BCUT2D eigenvalue weighted by Gasteiger charge is 2.40. The molecule has 0 bridgehead atoms. The average molecular weight is 677 g/mol. The first kappa shape index (κ1) is 34.4. The molecule has 0 saturated carbocycles. The highest BCUT2D eigenvalue weighted by molar-refractivity contribution is 5.89. The molecule has 3 aromatic rings. The number of carbonyl (C=O) groups is 2. The van der Waals surface area contributed by atoms with E-state index in [0.717, 1.165) is 29.2 Å². The highest BCUT2D eigenvalue weighted by Crippen LogP contribution is 2.43. The van der Waals surface area contributed by atoms with Crippen LogP contribution in [0.2, 0.25) is 0 Å². The van der Waals surface area contributed by atoms with Crippen LogP contribution >= 0.6 is 0 Å². The van der Waals surface area contributed by atoms with Crippen LogP contribution in [0.3, 0.4) is 0 Å². The van der Waals surface area contributed by atoms with E-state index in [0.29, 0.717) is 37.7 Å². The van der Waals surface area contributed by atoms with Crippen LogP contribution in [-0.2, 0) is 17.1 Å². The van der Waals surface area contributed by atoms with Gasteiger partial charge in [0.25, 0.3) is 0 Å². The molecule has 3 atom stereocenters. The first-order chi connectivity index (χ1) is 22.6. The third-order valence-electron chi connectivity index (χ3n) is 8.78. The summed E-state index contributed by atoms with van der Waals surface area (Å²) in [6, 6.07) is 4.07. The van der Waals surface area contributed by atoms with Crippen molar-refractivity contribution < 1.29 is 46.1 Å². The number of hydrogen-bond acceptors (Lipinski definition) is 7. The molecule has 0 spiro atoms. The van der Waals surface area contributed by atoms with Crippen molar-refractivity contribution in [2.24, 2.45) is 5.92 Å². The van der Waals surface area contributed by atoms with Crippen LogP contribution in [0, 0.1) is 17.2 Å². The summed E-state index contributed by atoms with van der Waals surface area (Å²) < 4.78 is 83.3. The number of fused-ring (bicyclic) bond motifs is 1. The molecule has 48 heavy (non-hydrogen) atoms. The number of hydrogen-bond donors (Lipinski definition) is 3. The molecule has 1 aromatic heterocycles. The number of nitrogens with one attached hydrogen (secondary N) is 1. The van der Waals surface area contributed by atoms with E-state index in [-0.39, 0.29) is 41.0 Å². The van der Waals surface area contributed by atoms with Crippen LogP contribution in [0.15, 0.2) is 48.8 Å². The molecule has 1 unspecified atom stereocenters. The number of benzene rings is 2. The van der Waals surface area contributed by atoms with Crippen molar-refractivity contribution in [3.63, 3.8) is 0 Å². The molecule has 1 saturated heterocycles. The van der Waals surface area contributed by atoms with Gasteiger partial charge in [-0.3, -0.25) is 15.0 Å². The van der Waals surface area contributed by atoms with Crippen LogP contribution in [0.5, 0.6) is 0 Å². The molecule has 3 heterocycles. The monoisotopic (exact) mass is 676 g/mol. The predicted molar refractivity (Wildman–Crippen MR) is 159 cm³/mol. The van der Waals surface area contributed by atoms with E-state index >= 15 is 0 Å². The third-order valence-corrected chi connectivity index (χ3v) is 8.78. The molecule has 10 nitrogen and oxygen atoms in total. The smallest absolute Gasteiger partial charge is 0.416 e. The van der Waals surface area contributed by atoms with Crippen LogP contribution in [-0.4, -0.2) is 51.4 Å². The van der Waals surface area contributed by atoms with Gasteiger partial charge in [-0.05, 0) is 73.2 Å². The molecule has 1 fully saturated rings. The number of carboxylic acids is 1. The minimum Gasteiger partial charge on any atom is -0.481 e. The van der Waals surface area contributed by atoms with E-state index in [1.807, 2.05) is 4.90 Å². The Balaban J connectivity index is 1.60. The molecular weight excluding hydrogens is 646 g/mol. The molecule has 254 valence electrons. The van der Waals surface area contributed by atoms with E-state index < -0.39 is 59.6 Å². The van der Waals surface area contributed by atoms with Gasteiger partial charge in [0, 0.05) is 25.2 Å². The van der Waals surface area contributed by atoms with Crippen molar-refractivity contribution in [2.75, 3.05) is 22.9 Å². The van der Waals surface area contributed by atoms with Crippen molar-refractivity contribution in [3.8, 4) is 6.07 Å². The topological polar surface area (TPSA) is 143 Å². The lowest BCUT2D eigenvalue weighted by molar-refractivity contribution is -0.142.